The van der Waals surface area contributed by atoms with Gasteiger partial charge in [-0.05, 0) is 29.8 Å². The molecule has 3 aromatic rings. The van der Waals surface area contributed by atoms with E-state index in [9.17, 15) is 14.4 Å². The van der Waals surface area contributed by atoms with Gasteiger partial charge in [0.25, 0.3) is 5.56 Å². The predicted octanol–water partition coefficient (Wildman–Crippen LogP) is 4.39. The first-order valence-electron chi connectivity index (χ1n) is 7.24. The Hall–Kier alpha value is -2.62. The van der Waals surface area contributed by atoms with Crippen LogP contribution in [0.3, 0.4) is 0 Å². The van der Waals surface area contributed by atoms with Gasteiger partial charge >= 0.3 is 0 Å². The fraction of sp³-hybridized carbons (Fsp3) is 0.0556. The molecule has 0 bridgehead atoms. The molecule has 1 heterocycles. The summed E-state index contributed by atoms with van der Waals surface area (Å²) < 4.78 is 12.9. The Labute approximate surface area is 152 Å². The molecule has 0 saturated heterocycles. The van der Waals surface area contributed by atoms with E-state index in [-0.39, 0.29) is 11.4 Å². The summed E-state index contributed by atoms with van der Waals surface area (Å²) in [6, 6.07) is 14.8. The summed E-state index contributed by atoms with van der Waals surface area (Å²) >= 11 is 7.18. The number of nitrogens with one attached hydrogen (secondary N) is 1. The molecule has 0 radical (unpaired) electrons. The molecule has 0 spiro atoms. The zero-order valence-corrected chi connectivity index (χ0v) is 14.4. The SMILES string of the molecule is N#Cc1c(-c2ccc(Cl)cc2)nc(SCc2ccc(F)cc2)[nH]c1=O. The molecule has 0 saturated carbocycles. The normalized spacial score (nSPS) is 10.4. The molecule has 4 nitrogen and oxygen atoms in total. The van der Waals surface area contributed by atoms with E-state index in [0.29, 0.717) is 27.2 Å². The quantitative estimate of drug-likeness (QED) is 0.545. The number of hydrogen-bond donors (Lipinski definition) is 1. The number of aromatic nitrogens is 2. The third-order valence-electron chi connectivity index (χ3n) is 3.42. The number of H-pyrrole nitrogens is 1. The van der Waals surface area contributed by atoms with Gasteiger partial charge in [-0.25, -0.2) is 9.37 Å². The van der Waals surface area contributed by atoms with Crippen LogP contribution in [0.1, 0.15) is 11.1 Å². The Bertz CT molecular complexity index is 995. The highest BCUT2D eigenvalue weighted by molar-refractivity contribution is 7.98. The zero-order valence-electron chi connectivity index (χ0n) is 12.8. The van der Waals surface area contributed by atoms with Gasteiger partial charge in [-0.15, -0.1) is 0 Å². The van der Waals surface area contributed by atoms with Crippen LogP contribution in [0, 0.1) is 17.1 Å². The molecule has 0 aliphatic rings. The summed E-state index contributed by atoms with van der Waals surface area (Å²) in [6.45, 7) is 0. The van der Waals surface area contributed by atoms with Crippen molar-refractivity contribution in [1.82, 2.24) is 9.97 Å². The van der Waals surface area contributed by atoms with Gasteiger partial charge in [0, 0.05) is 16.3 Å². The van der Waals surface area contributed by atoms with Crippen LogP contribution in [0.15, 0.2) is 58.5 Å². The first-order valence-corrected chi connectivity index (χ1v) is 8.61. The number of aromatic amines is 1. The molecule has 3 rings (SSSR count). The number of hydrogen-bond acceptors (Lipinski definition) is 4. The maximum atomic E-state index is 12.9. The first kappa shape index (κ1) is 17.2. The summed E-state index contributed by atoms with van der Waals surface area (Å²) in [5.74, 6) is 0.207. The molecule has 1 N–H and O–H groups in total. The fourth-order valence-electron chi connectivity index (χ4n) is 2.17. The van der Waals surface area contributed by atoms with E-state index in [1.54, 1.807) is 36.4 Å². The van der Waals surface area contributed by atoms with Crippen molar-refractivity contribution in [2.45, 2.75) is 10.9 Å². The number of nitrogens with zero attached hydrogens (tertiary/aromatic N) is 2. The minimum absolute atomic E-state index is 0.0477. The second-order valence-corrected chi connectivity index (χ2v) is 6.53. The van der Waals surface area contributed by atoms with Crippen molar-refractivity contribution >= 4 is 23.4 Å². The van der Waals surface area contributed by atoms with Crippen molar-refractivity contribution in [1.29, 1.82) is 5.26 Å². The Kier molecular flexibility index (Phi) is 5.17. The molecule has 0 amide bonds. The number of thioether (sulfide) groups is 1. The predicted molar refractivity (Wildman–Crippen MR) is 96.0 cm³/mol. The lowest BCUT2D eigenvalue weighted by molar-refractivity contribution is 0.627. The molecular weight excluding hydrogens is 361 g/mol. The van der Waals surface area contributed by atoms with E-state index in [1.165, 1.54) is 23.9 Å². The van der Waals surface area contributed by atoms with E-state index in [2.05, 4.69) is 9.97 Å². The highest BCUT2D eigenvalue weighted by Crippen LogP contribution is 2.25. The lowest BCUT2D eigenvalue weighted by Gasteiger charge is -2.07. The van der Waals surface area contributed by atoms with Crippen LogP contribution in [-0.2, 0) is 5.75 Å². The Morgan fingerprint density at radius 2 is 1.84 bits per heavy atom. The highest BCUT2D eigenvalue weighted by Gasteiger charge is 2.13. The molecule has 2 aromatic carbocycles. The van der Waals surface area contributed by atoms with Crippen molar-refractivity contribution in [3.8, 4) is 17.3 Å². The molecule has 0 aliphatic carbocycles. The van der Waals surface area contributed by atoms with Crippen LogP contribution in [0.25, 0.3) is 11.3 Å². The van der Waals surface area contributed by atoms with Crippen LogP contribution >= 0.6 is 23.4 Å². The summed E-state index contributed by atoms with van der Waals surface area (Å²) in [7, 11) is 0. The maximum absolute atomic E-state index is 12.9. The van der Waals surface area contributed by atoms with Gasteiger partial charge in [-0.2, -0.15) is 5.26 Å². The number of rotatable bonds is 4. The molecule has 25 heavy (non-hydrogen) atoms. The lowest BCUT2D eigenvalue weighted by Crippen LogP contribution is -2.14. The highest BCUT2D eigenvalue weighted by atomic mass is 35.5. The van der Waals surface area contributed by atoms with Crippen LogP contribution in [0.2, 0.25) is 5.02 Å². The Balaban J connectivity index is 1.93. The second-order valence-electron chi connectivity index (χ2n) is 5.13. The van der Waals surface area contributed by atoms with Gasteiger partial charge < -0.3 is 4.98 Å². The van der Waals surface area contributed by atoms with E-state index in [0.717, 1.165) is 5.56 Å². The van der Waals surface area contributed by atoms with Gasteiger partial charge in [0.15, 0.2) is 5.16 Å². The third kappa shape index (κ3) is 4.08. The summed E-state index contributed by atoms with van der Waals surface area (Å²) in [5.41, 5.74) is 1.30. The van der Waals surface area contributed by atoms with Crippen molar-refractivity contribution in [2.75, 3.05) is 0 Å². The first-order chi connectivity index (χ1) is 12.1. The number of halogens is 2. The molecule has 7 heteroatoms. The molecule has 0 unspecified atom stereocenters. The van der Waals surface area contributed by atoms with Crippen LogP contribution < -0.4 is 5.56 Å². The van der Waals surface area contributed by atoms with Crippen molar-refractivity contribution in [3.63, 3.8) is 0 Å². The minimum Gasteiger partial charge on any atom is -0.300 e. The summed E-state index contributed by atoms with van der Waals surface area (Å²) in [6.07, 6.45) is 0. The van der Waals surface area contributed by atoms with Crippen molar-refractivity contribution in [2.24, 2.45) is 0 Å². The Morgan fingerprint density at radius 3 is 2.48 bits per heavy atom. The smallest absolute Gasteiger partial charge is 0.270 e. The maximum Gasteiger partial charge on any atom is 0.270 e. The van der Waals surface area contributed by atoms with E-state index in [1.807, 2.05) is 6.07 Å². The monoisotopic (exact) mass is 371 g/mol. The molecule has 0 aliphatic heterocycles. The Morgan fingerprint density at radius 1 is 1.16 bits per heavy atom. The summed E-state index contributed by atoms with van der Waals surface area (Å²) in [5, 5.41) is 10.2. The number of benzene rings is 2. The topological polar surface area (TPSA) is 69.5 Å². The molecule has 1 aromatic heterocycles. The van der Waals surface area contributed by atoms with Crippen molar-refractivity contribution in [3.05, 3.63) is 80.9 Å². The number of nitriles is 1. The minimum atomic E-state index is -0.496. The van der Waals surface area contributed by atoms with Gasteiger partial charge in [0.1, 0.15) is 17.4 Å². The van der Waals surface area contributed by atoms with Crippen LogP contribution in [-0.4, -0.2) is 9.97 Å². The average Bonchev–Trinajstić information content (AvgIpc) is 2.61. The van der Waals surface area contributed by atoms with Gasteiger partial charge in [0.2, 0.25) is 0 Å². The van der Waals surface area contributed by atoms with E-state index in [4.69, 9.17) is 11.6 Å². The zero-order chi connectivity index (χ0) is 17.8. The average molecular weight is 372 g/mol. The molecule has 124 valence electrons. The molecule has 0 atom stereocenters. The van der Waals surface area contributed by atoms with Crippen LogP contribution in [0.5, 0.6) is 0 Å². The third-order valence-corrected chi connectivity index (χ3v) is 4.61. The van der Waals surface area contributed by atoms with E-state index < -0.39 is 5.56 Å². The molecular formula is C18H11ClFN3OS. The van der Waals surface area contributed by atoms with Crippen LogP contribution in [0.4, 0.5) is 4.39 Å². The second kappa shape index (κ2) is 7.51. The van der Waals surface area contributed by atoms with Gasteiger partial charge in [-0.3, -0.25) is 4.79 Å². The standard InChI is InChI=1S/C18H11ClFN3OS/c19-13-5-3-12(4-6-13)16-15(9-21)17(24)23-18(22-16)25-10-11-1-7-14(20)8-2-11/h1-8H,10H2,(H,22,23,24). The fourth-order valence-corrected chi connectivity index (χ4v) is 3.12. The van der Waals surface area contributed by atoms with E-state index >= 15 is 0 Å². The molecule has 0 fully saturated rings. The largest absolute Gasteiger partial charge is 0.300 e. The van der Waals surface area contributed by atoms with Crippen molar-refractivity contribution < 1.29 is 4.39 Å². The van der Waals surface area contributed by atoms with Gasteiger partial charge in [-0.1, -0.05) is 47.6 Å². The van der Waals surface area contributed by atoms with Gasteiger partial charge in [0.05, 0.1) is 5.69 Å². The summed E-state index contributed by atoms with van der Waals surface area (Å²) in [4.78, 5) is 19.2. The lowest BCUT2D eigenvalue weighted by atomic mass is 10.1.